The second kappa shape index (κ2) is 9.51. The lowest BCUT2D eigenvalue weighted by Crippen LogP contribution is -2.41. The monoisotopic (exact) mass is 366 g/mol. The standard InChI is InChI=1S/C15H15BrN2O4/c1-2-9-17-15(21)18-13(19)10-22-14(20)8-5-11-3-6-12(16)7-4-11/h2-8H,1,9-10H2,(H2,17,18,19,21)/b8-5+. The topological polar surface area (TPSA) is 84.5 Å². The Hall–Kier alpha value is -2.41. The number of benzene rings is 1. The summed E-state index contributed by atoms with van der Waals surface area (Å²) in [7, 11) is 0. The maximum atomic E-state index is 11.4. The van der Waals surface area contributed by atoms with Crippen molar-refractivity contribution in [2.45, 2.75) is 0 Å². The Morgan fingerprint density at radius 2 is 1.91 bits per heavy atom. The Bertz CT molecular complexity index is 582. The van der Waals surface area contributed by atoms with Crippen molar-refractivity contribution in [3.63, 3.8) is 0 Å². The SMILES string of the molecule is C=CCNC(=O)NC(=O)COC(=O)/C=C/c1ccc(Br)cc1. The lowest BCUT2D eigenvalue weighted by Gasteiger charge is -2.04. The van der Waals surface area contributed by atoms with Crippen LogP contribution >= 0.6 is 15.9 Å². The molecule has 0 unspecified atom stereocenters. The number of hydrogen-bond donors (Lipinski definition) is 2. The fourth-order valence-electron chi connectivity index (χ4n) is 1.29. The van der Waals surface area contributed by atoms with E-state index in [1.807, 2.05) is 29.6 Å². The molecule has 1 aromatic rings. The number of nitrogens with one attached hydrogen (secondary N) is 2. The van der Waals surface area contributed by atoms with Crippen molar-refractivity contribution in [3.05, 3.63) is 53.0 Å². The van der Waals surface area contributed by atoms with Gasteiger partial charge in [-0.15, -0.1) is 6.58 Å². The zero-order valence-corrected chi connectivity index (χ0v) is 13.3. The third-order valence-corrected chi connectivity index (χ3v) is 2.82. The van der Waals surface area contributed by atoms with Gasteiger partial charge in [-0.05, 0) is 23.8 Å². The van der Waals surface area contributed by atoms with Gasteiger partial charge >= 0.3 is 12.0 Å². The molecular formula is C15H15BrN2O4. The van der Waals surface area contributed by atoms with E-state index in [9.17, 15) is 14.4 Å². The highest BCUT2D eigenvalue weighted by Gasteiger charge is 2.08. The van der Waals surface area contributed by atoms with Gasteiger partial charge in [0.05, 0.1) is 0 Å². The van der Waals surface area contributed by atoms with E-state index < -0.39 is 24.5 Å². The van der Waals surface area contributed by atoms with Gasteiger partial charge in [-0.2, -0.15) is 0 Å². The maximum Gasteiger partial charge on any atom is 0.331 e. The maximum absolute atomic E-state index is 11.4. The van der Waals surface area contributed by atoms with Gasteiger partial charge in [0.25, 0.3) is 5.91 Å². The summed E-state index contributed by atoms with van der Waals surface area (Å²) in [5.74, 6) is -1.39. The number of urea groups is 1. The Balaban J connectivity index is 2.33. The lowest BCUT2D eigenvalue weighted by molar-refractivity contribution is -0.143. The number of imide groups is 1. The van der Waals surface area contributed by atoms with Crippen molar-refractivity contribution in [1.29, 1.82) is 0 Å². The highest BCUT2D eigenvalue weighted by atomic mass is 79.9. The lowest BCUT2D eigenvalue weighted by atomic mass is 10.2. The molecule has 0 heterocycles. The summed E-state index contributed by atoms with van der Waals surface area (Å²) in [4.78, 5) is 33.9. The normalized spacial score (nSPS) is 10.0. The van der Waals surface area contributed by atoms with Gasteiger partial charge in [0, 0.05) is 17.1 Å². The van der Waals surface area contributed by atoms with Crippen LogP contribution in [-0.2, 0) is 14.3 Å². The molecule has 7 heteroatoms. The fourth-order valence-corrected chi connectivity index (χ4v) is 1.56. The van der Waals surface area contributed by atoms with Gasteiger partial charge < -0.3 is 10.1 Å². The Morgan fingerprint density at radius 1 is 1.23 bits per heavy atom. The first-order valence-electron chi connectivity index (χ1n) is 6.30. The number of hydrogen-bond acceptors (Lipinski definition) is 4. The number of halogens is 1. The molecule has 0 aliphatic rings. The highest BCUT2D eigenvalue weighted by molar-refractivity contribution is 9.10. The molecule has 0 spiro atoms. The van der Waals surface area contributed by atoms with Crippen LogP contribution in [-0.4, -0.2) is 31.1 Å². The summed E-state index contributed by atoms with van der Waals surface area (Å²) >= 11 is 3.30. The minimum Gasteiger partial charge on any atom is -0.452 e. The first kappa shape index (κ1) is 17.6. The summed E-state index contributed by atoms with van der Waals surface area (Å²) in [6.07, 6.45) is 4.23. The molecule has 0 aliphatic heterocycles. The molecule has 2 N–H and O–H groups in total. The molecule has 0 bridgehead atoms. The van der Waals surface area contributed by atoms with E-state index in [4.69, 9.17) is 4.74 Å². The van der Waals surface area contributed by atoms with E-state index in [1.54, 1.807) is 6.08 Å². The quantitative estimate of drug-likeness (QED) is 0.458. The number of esters is 1. The van der Waals surface area contributed by atoms with E-state index in [2.05, 4.69) is 27.8 Å². The Morgan fingerprint density at radius 3 is 2.55 bits per heavy atom. The van der Waals surface area contributed by atoms with E-state index >= 15 is 0 Å². The van der Waals surface area contributed by atoms with E-state index in [-0.39, 0.29) is 6.54 Å². The first-order valence-corrected chi connectivity index (χ1v) is 7.09. The Labute approximate surface area is 136 Å². The van der Waals surface area contributed by atoms with E-state index in [0.29, 0.717) is 0 Å². The summed E-state index contributed by atoms with van der Waals surface area (Å²) in [6, 6.07) is 6.61. The number of carbonyl (C=O) groups excluding carboxylic acids is 3. The number of ether oxygens (including phenoxy) is 1. The van der Waals surface area contributed by atoms with Crippen LogP contribution in [0.1, 0.15) is 5.56 Å². The van der Waals surface area contributed by atoms with Gasteiger partial charge in [-0.3, -0.25) is 10.1 Å². The molecule has 0 radical (unpaired) electrons. The van der Waals surface area contributed by atoms with Crippen LogP contribution in [0.25, 0.3) is 6.08 Å². The van der Waals surface area contributed by atoms with Crippen LogP contribution in [0.15, 0.2) is 47.5 Å². The van der Waals surface area contributed by atoms with Crippen LogP contribution in [0.4, 0.5) is 4.79 Å². The van der Waals surface area contributed by atoms with Gasteiger partial charge in [0.15, 0.2) is 6.61 Å². The molecular weight excluding hydrogens is 352 g/mol. The van der Waals surface area contributed by atoms with Crippen molar-refractivity contribution >= 4 is 39.9 Å². The second-order valence-electron chi connectivity index (χ2n) is 4.04. The highest BCUT2D eigenvalue weighted by Crippen LogP contribution is 2.11. The van der Waals surface area contributed by atoms with E-state index in [0.717, 1.165) is 10.0 Å². The van der Waals surface area contributed by atoms with Crippen LogP contribution < -0.4 is 10.6 Å². The van der Waals surface area contributed by atoms with E-state index in [1.165, 1.54) is 12.2 Å². The van der Waals surface area contributed by atoms with Crippen LogP contribution in [0.3, 0.4) is 0 Å². The molecule has 3 amide bonds. The zero-order chi connectivity index (χ0) is 16.4. The van der Waals surface area contributed by atoms with Gasteiger partial charge in [0.2, 0.25) is 0 Å². The van der Waals surface area contributed by atoms with Gasteiger partial charge in [-0.25, -0.2) is 9.59 Å². The molecule has 1 rings (SSSR count). The molecule has 1 aromatic carbocycles. The van der Waals surface area contributed by atoms with Crippen LogP contribution in [0.2, 0.25) is 0 Å². The molecule has 0 saturated carbocycles. The first-order chi connectivity index (χ1) is 10.5. The average Bonchev–Trinajstić information content (AvgIpc) is 2.50. The fraction of sp³-hybridized carbons (Fsp3) is 0.133. The summed E-state index contributed by atoms with van der Waals surface area (Å²) in [5, 5.41) is 4.36. The predicted octanol–water partition coefficient (Wildman–Crippen LogP) is 2.02. The molecule has 6 nitrogen and oxygen atoms in total. The molecule has 0 aromatic heterocycles. The summed E-state index contributed by atoms with van der Waals surface area (Å²) in [5.41, 5.74) is 0.813. The largest absolute Gasteiger partial charge is 0.452 e. The van der Waals surface area contributed by atoms with Crippen LogP contribution in [0, 0.1) is 0 Å². The minimum atomic E-state index is -0.716. The molecule has 116 valence electrons. The van der Waals surface area contributed by atoms with Crippen molar-refractivity contribution < 1.29 is 19.1 Å². The molecule has 0 saturated heterocycles. The number of amides is 3. The molecule has 0 atom stereocenters. The number of carbonyl (C=O) groups is 3. The summed E-state index contributed by atoms with van der Waals surface area (Å²) < 4.78 is 5.64. The van der Waals surface area contributed by atoms with Crippen molar-refractivity contribution in [2.75, 3.05) is 13.2 Å². The average molecular weight is 367 g/mol. The van der Waals surface area contributed by atoms with Gasteiger partial charge in [-0.1, -0.05) is 34.1 Å². The second-order valence-corrected chi connectivity index (χ2v) is 4.96. The molecule has 0 aliphatic carbocycles. The predicted molar refractivity (Wildman–Crippen MR) is 85.9 cm³/mol. The molecule has 22 heavy (non-hydrogen) atoms. The van der Waals surface area contributed by atoms with Gasteiger partial charge in [0.1, 0.15) is 0 Å². The summed E-state index contributed by atoms with van der Waals surface area (Å²) in [6.45, 7) is 3.11. The smallest absolute Gasteiger partial charge is 0.331 e. The third-order valence-electron chi connectivity index (χ3n) is 2.29. The minimum absolute atomic E-state index is 0.231. The van der Waals surface area contributed by atoms with Crippen molar-refractivity contribution in [2.24, 2.45) is 0 Å². The van der Waals surface area contributed by atoms with Crippen molar-refractivity contribution in [3.8, 4) is 0 Å². The van der Waals surface area contributed by atoms with Crippen LogP contribution in [0.5, 0.6) is 0 Å². The van der Waals surface area contributed by atoms with Crippen molar-refractivity contribution in [1.82, 2.24) is 10.6 Å². The third kappa shape index (κ3) is 7.39. The Kier molecular flexibility index (Phi) is 7.63. The zero-order valence-electron chi connectivity index (χ0n) is 11.7. The molecule has 0 fully saturated rings. The number of rotatable bonds is 6.